The minimum Gasteiger partial charge on any atom is -0.378 e. The van der Waals surface area contributed by atoms with Gasteiger partial charge < -0.3 is 9.64 Å². The molecule has 0 N–H and O–H groups in total. The first-order valence-corrected chi connectivity index (χ1v) is 8.46. The second kappa shape index (κ2) is 5.44. The van der Waals surface area contributed by atoms with E-state index in [1.54, 1.807) is 31.2 Å². The molecule has 1 saturated heterocycles. The van der Waals surface area contributed by atoms with E-state index in [2.05, 4.69) is 4.40 Å². The fourth-order valence-corrected chi connectivity index (χ4v) is 4.25. The zero-order chi connectivity index (χ0) is 15.0. The summed E-state index contributed by atoms with van der Waals surface area (Å²) in [6.07, 6.45) is 0. The number of sulfonamides is 1. The van der Waals surface area contributed by atoms with Crippen LogP contribution in [0.25, 0.3) is 4.91 Å². The van der Waals surface area contributed by atoms with Crippen molar-refractivity contribution in [1.29, 1.82) is 0 Å². The predicted molar refractivity (Wildman–Crippen MR) is 82.8 cm³/mol. The van der Waals surface area contributed by atoms with E-state index in [9.17, 15) is 8.42 Å². The summed E-state index contributed by atoms with van der Waals surface area (Å²) in [6.45, 7) is 4.25. The maximum Gasteiger partial charge on any atom is 0.285 e. The van der Waals surface area contributed by atoms with Gasteiger partial charge in [0.1, 0.15) is 10.7 Å². The summed E-state index contributed by atoms with van der Waals surface area (Å²) in [5.74, 6) is 0.522. The molecule has 0 unspecified atom stereocenters. The molecule has 0 aromatic heterocycles. The van der Waals surface area contributed by atoms with Gasteiger partial charge in [-0.2, -0.15) is 8.42 Å². The van der Waals surface area contributed by atoms with E-state index in [1.807, 2.05) is 4.90 Å². The molecule has 1 fully saturated rings. The van der Waals surface area contributed by atoms with E-state index in [-0.39, 0.29) is 4.91 Å². The van der Waals surface area contributed by atoms with E-state index in [4.69, 9.17) is 16.3 Å². The molecule has 5 nitrogen and oxygen atoms in total. The number of rotatable bonds is 1. The van der Waals surface area contributed by atoms with Gasteiger partial charge in [-0.3, -0.25) is 0 Å². The average molecular weight is 327 g/mol. The van der Waals surface area contributed by atoms with E-state index < -0.39 is 10.0 Å². The van der Waals surface area contributed by atoms with Crippen molar-refractivity contribution in [2.24, 2.45) is 4.40 Å². The Morgan fingerprint density at radius 1 is 1.29 bits per heavy atom. The summed E-state index contributed by atoms with van der Waals surface area (Å²) in [6, 6.07) is 6.84. The molecule has 2 aliphatic heterocycles. The number of amidine groups is 1. The van der Waals surface area contributed by atoms with Gasteiger partial charge in [-0.1, -0.05) is 23.7 Å². The second-order valence-electron chi connectivity index (χ2n) is 4.95. The standard InChI is InChI=1S/C14H15ClN2O3S/c1-10-13(11-3-2-4-12(15)9-11)21(18,19)16-14(10)17-5-7-20-8-6-17/h2-4,9H,5-8H2,1H3. The highest BCUT2D eigenvalue weighted by molar-refractivity contribution is 8.00. The Balaban J connectivity index is 2.06. The lowest BCUT2D eigenvalue weighted by Crippen LogP contribution is -2.40. The SMILES string of the molecule is CC1=C(c2cccc(Cl)c2)S(=O)(=O)N=C1N1CCOCC1. The van der Waals surface area contributed by atoms with Crippen molar-refractivity contribution < 1.29 is 13.2 Å². The van der Waals surface area contributed by atoms with Crippen LogP contribution in [0.5, 0.6) is 0 Å². The van der Waals surface area contributed by atoms with Crippen molar-refractivity contribution in [1.82, 2.24) is 4.90 Å². The second-order valence-corrected chi connectivity index (χ2v) is 6.93. The third-order valence-corrected chi connectivity index (χ3v) is 5.24. The highest BCUT2D eigenvalue weighted by Gasteiger charge is 2.33. The Morgan fingerprint density at radius 3 is 2.67 bits per heavy atom. The van der Waals surface area contributed by atoms with Crippen molar-refractivity contribution in [2.45, 2.75) is 6.92 Å². The molecule has 0 spiro atoms. The number of hydrogen-bond acceptors (Lipinski definition) is 4. The number of halogens is 1. The van der Waals surface area contributed by atoms with Crippen LogP contribution in [-0.2, 0) is 14.8 Å². The molecule has 21 heavy (non-hydrogen) atoms. The van der Waals surface area contributed by atoms with Crippen molar-refractivity contribution in [3.63, 3.8) is 0 Å². The largest absolute Gasteiger partial charge is 0.378 e. The van der Waals surface area contributed by atoms with Gasteiger partial charge in [0, 0.05) is 23.7 Å². The molecular formula is C14H15ClN2O3S. The molecule has 0 amide bonds. The zero-order valence-electron chi connectivity index (χ0n) is 11.5. The third-order valence-electron chi connectivity index (χ3n) is 3.54. The summed E-state index contributed by atoms with van der Waals surface area (Å²) in [5, 5.41) is 0.503. The average Bonchev–Trinajstić information content (AvgIpc) is 2.69. The zero-order valence-corrected chi connectivity index (χ0v) is 13.1. The molecule has 0 bridgehead atoms. The first kappa shape index (κ1) is 14.6. The Hall–Kier alpha value is -1.37. The molecule has 3 rings (SSSR count). The Kier molecular flexibility index (Phi) is 3.77. The first-order valence-electron chi connectivity index (χ1n) is 6.64. The molecule has 1 aromatic rings. The molecule has 0 atom stereocenters. The lowest BCUT2D eigenvalue weighted by molar-refractivity contribution is 0.0683. The van der Waals surface area contributed by atoms with Crippen molar-refractivity contribution >= 4 is 32.4 Å². The normalized spacial score (nSPS) is 21.6. The van der Waals surface area contributed by atoms with Crippen LogP contribution < -0.4 is 0 Å². The van der Waals surface area contributed by atoms with Crippen molar-refractivity contribution in [3.8, 4) is 0 Å². The van der Waals surface area contributed by atoms with Gasteiger partial charge in [0.05, 0.1) is 13.2 Å². The van der Waals surface area contributed by atoms with E-state index in [1.165, 1.54) is 0 Å². The van der Waals surface area contributed by atoms with Gasteiger partial charge in [-0.25, -0.2) is 0 Å². The number of nitrogens with zero attached hydrogens (tertiary/aromatic N) is 2. The highest BCUT2D eigenvalue weighted by Crippen LogP contribution is 2.34. The van der Waals surface area contributed by atoms with Gasteiger partial charge in [-0.05, 0) is 24.6 Å². The van der Waals surface area contributed by atoms with Crippen LogP contribution in [-0.4, -0.2) is 45.5 Å². The number of benzene rings is 1. The molecule has 112 valence electrons. The van der Waals surface area contributed by atoms with Crippen LogP contribution in [0, 0.1) is 0 Å². The van der Waals surface area contributed by atoms with Crippen molar-refractivity contribution in [2.75, 3.05) is 26.3 Å². The molecule has 1 aromatic carbocycles. The van der Waals surface area contributed by atoms with Crippen LogP contribution in [0.4, 0.5) is 0 Å². The monoisotopic (exact) mass is 326 g/mol. The van der Waals surface area contributed by atoms with Crippen LogP contribution >= 0.6 is 11.6 Å². The maximum absolute atomic E-state index is 12.4. The Morgan fingerprint density at radius 2 is 2.00 bits per heavy atom. The van der Waals surface area contributed by atoms with Gasteiger partial charge >= 0.3 is 0 Å². The molecule has 0 radical (unpaired) electrons. The number of morpholine rings is 1. The molecule has 7 heteroatoms. The van der Waals surface area contributed by atoms with Crippen LogP contribution in [0.1, 0.15) is 12.5 Å². The topological polar surface area (TPSA) is 59.0 Å². The van der Waals surface area contributed by atoms with Crippen LogP contribution in [0.3, 0.4) is 0 Å². The van der Waals surface area contributed by atoms with E-state index in [0.717, 1.165) is 0 Å². The van der Waals surface area contributed by atoms with Gasteiger partial charge in [0.2, 0.25) is 0 Å². The minimum atomic E-state index is -3.68. The van der Waals surface area contributed by atoms with E-state index in [0.29, 0.717) is 48.3 Å². The summed E-state index contributed by atoms with van der Waals surface area (Å²) >= 11 is 5.97. The van der Waals surface area contributed by atoms with Crippen molar-refractivity contribution in [3.05, 3.63) is 40.4 Å². The highest BCUT2D eigenvalue weighted by atomic mass is 35.5. The smallest absolute Gasteiger partial charge is 0.285 e. The number of hydrogen-bond donors (Lipinski definition) is 0. The first-order chi connectivity index (χ1) is 9.99. The fraction of sp³-hybridized carbons (Fsp3) is 0.357. The lowest BCUT2D eigenvalue weighted by atomic mass is 10.1. The molecular weight excluding hydrogens is 312 g/mol. The summed E-state index contributed by atoms with van der Waals surface area (Å²) in [4.78, 5) is 2.19. The Bertz CT molecular complexity index is 734. The molecule has 0 aliphatic carbocycles. The van der Waals surface area contributed by atoms with Gasteiger partial charge in [0.15, 0.2) is 0 Å². The quantitative estimate of drug-likeness (QED) is 0.793. The van der Waals surface area contributed by atoms with Gasteiger partial charge in [0.25, 0.3) is 10.0 Å². The van der Waals surface area contributed by atoms with Gasteiger partial charge in [-0.15, -0.1) is 4.40 Å². The maximum atomic E-state index is 12.4. The number of ether oxygens (including phenoxy) is 1. The molecule has 2 aliphatic rings. The lowest BCUT2D eigenvalue weighted by Gasteiger charge is -2.28. The summed E-state index contributed by atoms with van der Waals surface area (Å²) < 4.78 is 34.0. The Labute approximate surface area is 128 Å². The summed E-state index contributed by atoms with van der Waals surface area (Å²) in [5.41, 5.74) is 1.24. The van der Waals surface area contributed by atoms with Crippen LogP contribution in [0.2, 0.25) is 5.02 Å². The molecule has 2 heterocycles. The third kappa shape index (κ3) is 2.71. The predicted octanol–water partition coefficient (Wildman–Crippen LogP) is 2.15. The van der Waals surface area contributed by atoms with E-state index >= 15 is 0 Å². The summed E-state index contributed by atoms with van der Waals surface area (Å²) in [7, 11) is -3.68. The molecule has 0 saturated carbocycles. The van der Waals surface area contributed by atoms with Crippen LogP contribution in [0.15, 0.2) is 34.2 Å². The minimum absolute atomic E-state index is 0.242. The fourth-order valence-electron chi connectivity index (χ4n) is 2.59.